The van der Waals surface area contributed by atoms with Crippen molar-refractivity contribution in [3.05, 3.63) is 0 Å². The average Bonchev–Trinajstić information content (AvgIpc) is 2.33. The van der Waals surface area contributed by atoms with Gasteiger partial charge < -0.3 is 15.2 Å². The first-order valence-corrected chi connectivity index (χ1v) is 8.62. The molecule has 0 amide bonds. The summed E-state index contributed by atoms with van der Waals surface area (Å²) in [6, 6.07) is 0. The van der Waals surface area contributed by atoms with Crippen LogP contribution in [0.1, 0.15) is 73.6 Å². The van der Waals surface area contributed by atoms with E-state index in [1.807, 2.05) is 0 Å². The molecule has 2 N–H and O–H groups in total. The molecule has 3 heteroatoms. The van der Waals surface area contributed by atoms with E-state index in [-0.39, 0.29) is 11.0 Å². The predicted molar refractivity (Wildman–Crippen MR) is 89.5 cm³/mol. The molecule has 0 heterocycles. The zero-order valence-corrected chi connectivity index (χ0v) is 15.0. The number of aliphatic hydroxyl groups excluding tert-OH is 1. The molecular weight excluding hydrogens is 262 g/mol. The summed E-state index contributed by atoms with van der Waals surface area (Å²) in [5.74, 6) is 0.842. The Morgan fingerprint density at radius 2 is 1.67 bits per heavy atom. The summed E-state index contributed by atoms with van der Waals surface area (Å²) in [5.41, 5.74) is 0.330. The van der Waals surface area contributed by atoms with Crippen LogP contribution < -0.4 is 5.32 Å². The Labute approximate surface area is 131 Å². The van der Waals surface area contributed by atoms with Crippen molar-refractivity contribution >= 4 is 0 Å². The Bertz CT molecular complexity index is 288. The van der Waals surface area contributed by atoms with Crippen molar-refractivity contribution in [2.24, 2.45) is 11.3 Å². The van der Waals surface area contributed by atoms with Crippen LogP contribution in [0, 0.1) is 11.3 Å². The highest BCUT2D eigenvalue weighted by molar-refractivity contribution is 4.84. The fourth-order valence-electron chi connectivity index (χ4n) is 3.48. The second-order valence-electron chi connectivity index (χ2n) is 8.87. The van der Waals surface area contributed by atoms with Crippen molar-refractivity contribution in [2.75, 3.05) is 13.2 Å². The van der Waals surface area contributed by atoms with Gasteiger partial charge >= 0.3 is 0 Å². The predicted octanol–water partition coefficient (Wildman–Crippen LogP) is 3.75. The third-order valence-corrected chi connectivity index (χ3v) is 4.28. The number of nitrogens with one attached hydrogen (secondary N) is 1. The lowest BCUT2D eigenvalue weighted by Gasteiger charge is -2.34. The van der Waals surface area contributed by atoms with Crippen LogP contribution in [-0.2, 0) is 4.74 Å². The molecule has 126 valence electrons. The third kappa shape index (κ3) is 8.80. The van der Waals surface area contributed by atoms with Crippen LogP contribution in [0.15, 0.2) is 0 Å². The molecule has 1 aliphatic rings. The van der Waals surface area contributed by atoms with Crippen LogP contribution in [0.3, 0.4) is 0 Å². The van der Waals surface area contributed by atoms with Gasteiger partial charge in [0.25, 0.3) is 0 Å². The molecule has 0 aliphatic heterocycles. The Balaban J connectivity index is 2.20. The maximum Gasteiger partial charge on any atom is 0.0898 e. The molecule has 1 unspecified atom stereocenters. The largest absolute Gasteiger partial charge is 0.389 e. The van der Waals surface area contributed by atoms with Crippen LogP contribution in [0.5, 0.6) is 0 Å². The number of hydrogen-bond donors (Lipinski definition) is 2. The minimum absolute atomic E-state index is 0.0412. The van der Waals surface area contributed by atoms with E-state index in [1.54, 1.807) is 0 Å². The lowest BCUT2D eigenvalue weighted by Crippen LogP contribution is -2.46. The van der Waals surface area contributed by atoms with E-state index < -0.39 is 6.10 Å². The molecule has 0 aromatic heterocycles. The topological polar surface area (TPSA) is 41.5 Å². The average molecular weight is 299 g/mol. The summed E-state index contributed by atoms with van der Waals surface area (Å²) in [5, 5.41) is 13.6. The molecule has 1 saturated carbocycles. The van der Waals surface area contributed by atoms with Crippen molar-refractivity contribution in [3.8, 4) is 0 Å². The first-order valence-electron chi connectivity index (χ1n) is 8.62. The molecule has 0 bridgehead atoms. The Hall–Kier alpha value is -0.120. The summed E-state index contributed by atoms with van der Waals surface area (Å²) in [4.78, 5) is 0. The molecule has 0 saturated heterocycles. The van der Waals surface area contributed by atoms with Crippen molar-refractivity contribution in [1.82, 2.24) is 5.32 Å². The SMILES string of the molecule is CC1CCC(OCC(O)CNC(C)(C)CC(C)(C)C)CC1. The van der Waals surface area contributed by atoms with Crippen molar-refractivity contribution in [3.63, 3.8) is 0 Å². The van der Waals surface area contributed by atoms with E-state index in [0.717, 1.165) is 25.2 Å². The van der Waals surface area contributed by atoms with E-state index in [2.05, 4.69) is 46.9 Å². The number of ether oxygens (including phenoxy) is 1. The molecule has 1 aliphatic carbocycles. The summed E-state index contributed by atoms with van der Waals surface area (Å²) < 4.78 is 5.87. The van der Waals surface area contributed by atoms with Crippen LogP contribution >= 0.6 is 0 Å². The molecule has 1 rings (SSSR count). The Morgan fingerprint density at radius 3 is 2.19 bits per heavy atom. The Morgan fingerprint density at radius 1 is 1.10 bits per heavy atom. The van der Waals surface area contributed by atoms with Gasteiger partial charge in [0.1, 0.15) is 0 Å². The van der Waals surface area contributed by atoms with Crippen LogP contribution in [0.4, 0.5) is 0 Å². The third-order valence-electron chi connectivity index (χ3n) is 4.28. The number of hydrogen-bond acceptors (Lipinski definition) is 3. The lowest BCUT2D eigenvalue weighted by molar-refractivity contribution is -0.0297. The number of aliphatic hydroxyl groups is 1. The number of rotatable bonds is 7. The maximum atomic E-state index is 10.1. The van der Waals surface area contributed by atoms with Gasteiger partial charge in [-0.3, -0.25) is 0 Å². The summed E-state index contributed by atoms with van der Waals surface area (Å²) in [7, 11) is 0. The molecule has 21 heavy (non-hydrogen) atoms. The van der Waals surface area contributed by atoms with E-state index in [0.29, 0.717) is 19.3 Å². The van der Waals surface area contributed by atoms with Gasteiger partial charge in [0, 0.05) is 12.1 Å². The summed E-state index contributed by atoms with van der Waals surface area (Å²) in [6.45, 7) is 14.5. The van der Waals surface area contributed by atoms with Gasteiger partial charge in [0.05, 0.1) is 18.8 Å². The maximum absolute atomic E-state index is 10.1. The summed E-state index contributed by atoms with van der Waals surface area (Å²) in [6.07, 6.45) is 5.85. The van der Waals surface area contributed by atoms with Gasteiger partial charge in [-0.25, -0.2) is 0 Å². The molecule has 0 aromatic rings. The van der Waals surface area contributed by atoms with Crippen molar-refractivity contribution in [1.29, 1.82) is 0 Å². The van der Waals surface area contributed by atoms with Gasteiger partial charge in [-0.05, 0) is 57.3 Å². The van der Waals surface area contributed by atoms with Gasteiger partial charge in [-0.2, -0.15) is 0 Å². The fraction of sp³-hybridized carbons (Fsp3) is 1.00. The highest BCUT2D eigenvalue weighted by Gasteiger charge is 2.26. The smallest absolute Gasteiger partial charge is 0.0898 e. The molecule has 0 spiro atoms. The quantitative estimate of drug-likeness (QED) is 0.752. The first-order chi connectivity index (χ1) is 9.57. The van der Waals surface area contributed by atoms with Gasteiger partial charge in [-0.15, -0.1) is 0 Å². The first kappa shape index (κ1) is 18.9. The summed E-state index contributed by atoms with van der Waals surface area (Å²) >= 11 is 0. The highest BCUT2D eigenvalue weighted by atomic mass is 16.5. The van der Waals surface area contributed by atoms with Crippen LogP contribution in [0.25, 0.3) is 0 Å². The monoisotopic (exact) mass is 299 g/mol. The lowest BCUT2D eigenvalue weighted by atomic mass is 9.82. The molecule has 0 radical (unpaired) electrons. The van der Waals surface area contributed by atoms with Gasteiger partial charge in [-0.1, -0.05) is 27.7 Å². The second kappa shape index (κ2) is 7.94. The van der Waals surface area contributed by atoms with E-state index in [9.17, 15) is 5.11 Å². The van der Waals surface area contributed by atoms with Gasteiger partial charge in [0.2, 0.25) is 0 Å². The van der Waals surface area contributed by atoms with Gasteiger partial charge in [0.15, 0.2) is 0 Å². The fourth-order valence-corrected chi connectivity index (χ4v) is 3.48. The highest BCUT2D eigenvalue weighted by Crippen LogP contribution is 2.27. The van der Waals surface area contributed by atoms with E-state index in [1.165, 1.54) is 12.8 Å². The van der Waals surface area contributed by atoms with Crippen molar-refractivity contribution in [2.45, 2.75) is 91.4 Å². The molecular formula is C18H37NO2. The second-order valence-corrected chi connectivity index (χ2v) is 8.87. The zero-order chi connectivity index (χ0) is 16.1. The minimum atomic E-state index is -0.413. The molecule has 3 nitrogen and oxygen atoms in total. The Kier molecular flexibility index (Phi) is 7.15. The van der Waals surface area contributed by atoms with Crippen LogP contribution in [-0.4, -0.2) is 36.0 Å². The molecule has 1 atom stereocenters. The standard InChI is InChI=1S/C18H37NO2/c1-14-7-9-16(10-8-14)21-12-15(20)11-19-18(5,6)13-17(2,3)4/h14-16,19-20H,7-13H2,1-6H3. The molecule has 0 aromatic carbocycles. The van der Waals surface area contributed by atoms with Crippen LogP contribution in [0.2, 0.25) is 0 Å². The van der Waals surface area contributed by atoms with Crippen molar-refractivity contribution < 1.29 is 9.84 Å². The number of β-amino-alcohol motifs (C(OH)–C–C–N with tert-alkyl or cyclic N) is 1. The molecule has 1 fully saturated rings. The van der Waals surface area contributed by atoms with E-state index >= 15 is 0 Å². The normalized spacial score (nSPS) is 25.9. The zero-order valence-electron chi connectivity index (χ0n) is 15.0. The van der Waals surface area contributed by atoms with E-state index in [4.69, 9.17) is 4.74 Å². The minimum Gasteiger partial charge on any atom is -0.389 e.